The van der Waals surface area contributed by atoms with Crippen molar-refractivity contribution in [2.45, 2.75) is 38.5 Å². The van der Waals surface area contributed by atoms with Crippen LogP contribution in [-0.4, -0.2) is 13.6 Å². The summed E-state index contributed by atoms with van der Waals surface area (Å²) < 4.78 is 0. The van der Waals surface area contributed by atoms with Gasteiger partial charge in [-0.25, -0.2) is 0 Å². The molecule has 0 spiro atoms. The number of aryl methyl sites for hydroxylation is 2. The van der Waals surface area contributed by atoms with E-state index in [1.165, 1.54) is 48.8 Å². The fourth-order valence-electron chi connectivity index (χ4n) is 3.46. The highest BCUT2D eigenvalue weighted by Gasteiger charge is 2.11. The average Bonchev–Trinajstić information content (AvgIpc) is 2.84. The Morgan fingerprint density at radius 3 is 2.48 bits per heavy atom. The van der Waals surface area contributed by atoms with Crippen LogP contribution in [0.15, 0.2) is 54.6 Å². The van der Waals surface area contributed by atoms with E-state index in [2.05, 4.69) is 59.9 Å². The van der Waals surface area contributed by atoms with Crippen LogP contribution in [-0.2, 0) is 12.8 Å². The lowest BCUT2D eigenvalue weighted by Gasteiger charge is -2.13. The lowest BCUT2D eigenvalue weighted by Crippen LogP contribution is -2.06. The standard InChI is InChI=1S/C22H27N/c1-23-16-8-13-22(19-10-5-3-6-11-19)21-15-14-18-9-4-2-7-12-20(18)17-21/h3,5-6,10-11,13-15,17,23H,2,4,7-9,12,16H2,1H3/b22-13-. The first-order chi connectivity index (χ1) is 11.4. The summed E-state index contributed by atoms with van der Waals surface area (Å²) in [6.07, 6.45) is 9.97. The van der Waals surface area contributed by atoms with Gasteiger partial charge in [0.15, 0.2) is 0 Å². The molecule has 0 saturated heterocycles. The molecule has 1 aliphatic carbocycles. The molecule has 0 atom stereocenters. The first-order valence-corrected chi connectivity index (χ1v) is 8.91. The highest BCUT2D eigenvalue weighted by molar-refractivity contribution is 5.80. The number of hydrogen-bond acceptors (Lipinski definition) is 1. The number of benzene rings is 2. The van der Waals surface area contributed by atoms with Gasteiger partial charge in [-0.15, -0.1) is 0 Å². The maximum atomic E-state index is 3.24. The Kier molecular flexibility index (Phi) is 5.65. The van der Waals surface area contributed by atoms with E-state index in [0.717, 1.165) is 13.0 Å². The maximum Gasteiger partial charge on any atom is -0.00169 e. The highest BCUT2D eigenvalue weighted by atomic mass is 14.8. The Balaban J connectivity index is 1.96. The van der Waals surface area contributed by atoms with Crippen LogP contribution in [0, 0.1) is 0 Å². The topological polar surface area (TPSA) is 12.0 Å². The SMILES string of the molecule is CNCC/C=C(/c1ccccc1)c1ccc2c(c1)CCCCC2. The molecule has 2 aromatic rings. The molecule has 3 rings (SSSR count). The number of hydrogen-bond donors (Lipinski definition) is 1. The fraction of sp³-hybridized carbons (Fsp3) is 0.364. The van der Waals surface area contributed by atoms with E-state index in [9.17, 15) is 0 Å². The van der Waals surface area contributed by atoms with Crippen molar-refractivity contribution in [2.75, 3.05) is 13.6 Å². The third-order valence-corrected chi connectivity index (χ3v) is 4.74. The average molecular weight is 305 g/mol. The second kappa shape index (κ2) is 8.12. The zero-order valence-electron chi connectivity index (χ0n) is 14.1. The summed E-state index contributed by atoms with van der Waals surface area (Å²) in [6, 6.07) is 17.9. The van der Waals surface area contributed by atoms with E-state index >= 15 is 0 Å². The molecule has 2 aromatic carbocycles. The van der Waals surface area contributed by atoms with Gasteiger partial charge in [-0.2, -0.15) is 0 Å². The molecule has 0 aliphatic heterocycles. The van der Waals surface area contributed by atoms with E-state index in [0.29, 0.717) is 0 Å². The zero-order chi connectivity index (χ0) is 15.9. The van der Waals surface area contributed by atoms with Crippen molar-refractivity contribution >= 4 is 5.57 Å². The van der Waals surface area contributed by atoms with Gasteiger partial charge in [-0.05, 0) is 73.5 Å². The molecule has 1 nitrogen and oxygen atoms in total. The molecule has 0 heterocycles. The van der Waals surface area contributed by atoms with Gasteiger partial charge in [0.1, 0.15) is 0 Å². The van der Waals surface area contributed by atoms with Gasteiger partial charge in [-0.1, -0.05) is 61.0 Å². The van der Waals surface area contributed by atoms with Crippen molar-refractivity contribution < 1.29 is 0 Å². The predicted molar refractivity (Wildman–Crippen MR) is 99.8 cm³/mol. The zero-order valence-corrected chi connectivity index (χ0v) is 14.1. The quantitative estimate of drug-likeness (QED) is 0.605. The summed E-state index contributed by atoms with van der Waals surface area (Å²) in [5.74, 6) is 0. The van der Waals surface area contributed by atoms with Crippen LogP contribution in [0.2, 0.25) is 0 Å². The summed E-state index contributed by atoms with van der Waals surface area (Å²) in [4.78, 5) is 0. The van der Waals surface area contributed by atoms with Crippen LogP contribution in [0.5, 0.6) is 0 Å². The number of rotatable bonds is 5. The minimum Gasteiger partial charge on any atom is -0.319 e. The van der Waals surface area contributed by atoms with Crippen molar-refractivity contribution in [2.24, 2.45) is 0 Å². The summed E-state index contributed by atoms with van der Waals surface area (Å²) in [5, 5.41) is 3.24. The van der Waals surface area contributed by atoms with Crippen molar-refractivity contribution in [3.8, 4) is 0 Å². The molecule has 0 radical (unpaired) electrons. The minimum absolute atomic E-state index is 1.02. The highest BCUT2D eigenvalue weighted by Crippen LogP contribution is 2.28. The van der Waals surface area contributed by atoms with Gasteiger partial charge in [0.25, 0.3) is 0 Å². The van der Waals surface area contributed by atoms with Gasteiger partial charge in [-0.3, -0.25) is 0 Å². The van der Waals surface area contributed by atoms with Crippen molar-refractivity contribution in [3.05, 3.63) is 76.9 Å². The van der Waals surface area contributed by atoms with Crippen LogP contribution < -0.4 is 5.32 Å². The third kappa shape index (κ3) is 4.11. The van der Waals surface area contributed by atoms with Crippen LogP contribution in [0.1, 0.15) is 47.9 Å². The monoisotopic (exact) mass is 305 g/mol. The van der Waals surface area contributed by atoms with E-state index in [1.54, 1.807) is 11.1 Å². The Labute approximate surface area is 140 Å². The molecule has 0 aromatic heterocycles. The predicted octanol–water partition coefficient (Wildman–Crippen LogP) is 5.00. The molecule has 0 fully saturated rings. The Morgan fingerprint density at radius 1 is 0.913 bits per heavy atom. The third-order valence-electron chi connectivity index (χ3n) is 4.74. The fourth-order valence-corrected chi connectivity index (χ4v) is 3.46. The van der Waals surface area contributed by atoms with Crippen molar-refractivity contribution in [1.29, 1.82) is 0 Å². The minimum atomic E-state index is 1.02. The van der Waals surface area contributed by atoms with E-state index in [1.807, 2.05) is 7.05 Å². The van der Waals surface area contributed by atoms with E-state index in [-0.39, 0.29) is 0 Å². The molecular weight excluding hydrogens is 278 g/mol. The number of nitrogens with one attached hydrogen (secondary N) is 1. The summed E-state index contributed by atoms with van der Waals surface area (Å²) in [5.41, 5.74) is 7.18. The second-order valence-electron chi connectivity index (χ2n) is 6.42. The summed E-state index contributed by atoms with van der Waals surface area (Å²) in [7, 11) is 2.01. The molecule has 120 valence electrons. The van der Waals surface area contributed by atoms with Crippen molar-refractivity contribution in [3.63, 3.8) is 0 Å². The van der Waals surface area contributed by atoms with E-state index < -0.39 is 0 Å². The largest absolute Gasteiger partial charge is 0.319 e. The van der Waals surface area contributed by atoms with Gasteiger partial charge >= 0.3 is 0 Å². The van der Waals surface area contributed by atoms with Crippen LogP contribution in [0.3, 0.4) is 0 Å². The number of fused-ring (bicyclic) bond motifs is 1. The Hall–Kier alpha value is -1.86. The maximum absolute atomic E-state index is 3.24. The molecule has 1 N–H and O–H groups in total. The van der Waals surface area contributed by atoms with Crippen LogP contribution in [0.25, 0.3) is 5.57 Å². The molecule has 1 heteroatoms. The molecule has 23 heavy (non-hydrogen) atoms. The van der Waals surface area contributed by atoms with Crippen LogP contribution >= 0.6 is 0 Å². The lowest BCUT2D eigenvalue weighted by molar-refractivity contribution is 0.711. The lowest BCUT2D eigenvalue weighted by atomic mass is 9.92. The Morgan fingerprint density at radius 2 is 1.70 bits per heavy atom. The van der Waals surface area contributed by atoms with Gasteiger partial charge < -0.3 is 5.32 Å². The molecular formula is C22H27N. The van der Waals surface area contributed by atoms with Gasteiger partial charge in [0, 0.05) is 0 Å². The first kappa shape index (κ1) is 16.0. The molecule has 0 amide bonds. The Bertz CT molecular complexity index is 655. The molecule has 0 bridgehead atoms. The van der Waals surface area contributed by atoms with Gasteiger partial charge in [0.05, 0.1) is 0 Å². The van der Waals surface area contributed by atoms with Crippen molar-refractivity contribution in [1.82, 2.24) is 5.32 Å². The summed E-state index contributed by atoms with van der Waals surface area (Å²) >= 11 is 0. The smallest absolute Gasteiger partial charge is 0.00169 e. The molecule has 1 aliphatic rings. The molecule has 0 saturated carbocycles. The van der Waals surface area contributed by atoms with E-state index in [4.69, 9.17) is 0 Å². The summed E-state index contributed by atoms with van der Waals surface area (Å²) in [6.45, 7) is 1.02. The second-order valence-corrected chi connectivity index (χ2v) is 6.42. The van der Waals surface area contributed by atoms with Gasteiger partial charge in [0.2, 0.25) is 0 Å². The molecule has 0 unspecified atom stereocenters. The first-order valence-electron chi connectivity index (χ1n) is 8.91. The van der Waals surface area contributed by atoms with Crippen LogP contribution in [0.4, 0.5) is 0 Å². The normalized spacial score (nSPS) is 15.1.